The molecule has 2 N–H and O–H groups in total. The van der Waals surface area contributed by atoms with Gasteiger partial charge in [0, 0.05) is 37.6 Å². The highest BCUT2D eigenvalue weighted by Gasteiger charge is 2.24. The number of hydrogen-bond acceptors (Lipinski definition) is 6. The van der Waals surface area contributed by atoms with Gasteiger partial charge in [-0.05, 0) is 60.7 Å². The van der Waals surface area contributed by atoms with Crippen molar-refractivity contribution in [3.63, 3.8) is 0 Å². The maximum absolute atomic E-state index is 13.5. The van der Waals surface area contributed by atoms with Crippen molar-refractivity contribution in [2.24, 2.45) is 0 Å². The van der Waals surface area contributed by atoms with Crippen LogP contribution in [0.4, 0.5) is 11.4 Å². The van der Waals surface area contributed by atoms with Crippen molar-refractivity contribution < 1.29 is 23.8 Å². The molecule has 0 aliphatic carbocycles. The number of benzene rings is 3. The van der Waals surface area contributed by atoms with Crippen LogP contribution in [0.25, 0.3) is 0 Å². The molecule has 0 bridgehead atoms. The first-order valence-electron chi connectivity index (χ1n) is 12.9. The molecule has 1 atom stereocenters. The molecule has 3 aromatic rings. The number of anilines is 2. The summed E-state index contributed by atoms with van der Waals surface area (Å²) in [5, 5.41) is 5.97. The van der Waals surface area contributed by atoms with E-state index in [0.29, 0.717) is 41.4 Å². The van der Waals surface area contributed by atoms with Crippen LogP contribution < -0.4 is 25.0 Å². The van der Waals surface area contributed by atoms with E-state index in [1.165, 1.54) is 25.3 Å². The van der Waals surface area contributed by atoms with Gasteiger partial charge in [-0.15, -0.1) is 0 Å². The van der Waals surface area contributed by atoms with Gasteiger partial charge in [0.2, 0.25) is 0 Å². The molecule has 2 aliphatic heterocycles. The van der Waals surface area contributed by atoms with Crippen LogP contribution in [0, 0.1) is 0 Å². The monoisotopic (exact) mass is 515 g/mol. The van der Waals surface area contributed by atoms with E-state index in [1.54, 1.807) is 24.3 Å². The highest BCUT2D eigenvalue weighted by atomic mass is 16.5. The van der Waals surface area contributed by atoms with Crippen LogP contribution >= 0.6 is 0 Å². The lowest BCUT2D eigenvalue weighted by atomic mass is 9.98. The lowest BCUT2D eigenvalue weighted by Crippen LogP contribution is -2.35. The van der Waals surface area contributed by atoms with E-state index in [9.17, 15) is 9.59 Å². The Hall–Kier alpha value is -4.04. The lowest BCUT2D eigenvalue weighted by Gasteiger charge is -2.32. The molecule has 8 nitrogen and oxygen atoms in total. The van der Waals surface area contributed by atoms with Gasteiger partial charge >= 0.3 is 0 Å². The summed E-state index contributed by atoms with van der Waals surface area (Å²) in [5.41, 5.74) is 4.72. The average Bonchev–Trinajstić information content (AvgIpc) is 3.49. The molecular weight excluding hydrogens is 482 g/mol. The second kappa shape index (κ2) is 11.6. The molecule has 0 saturated carbocycles. The quantitative estimate of drug-likeness (QED) is 0.462. The Morgan fingerprint density at radius 1 is 0.974 bits per heavy atom. The predicted octanol–water partition coefficient (Wildman–Crippen LogP) is 4.43. The zero-order valence-corrected chi connectivity index (χ0v) is 21.8. The fraction of sp³-hybridized carbons (Fsp3) is 0.333. The minimum atomic E-state index is -0.385. The second-order valence-electron chi connectivity index (χ2n) is 9.51. The number of methoxy groups -OCH3 is 2. The van der Waals surface area contributed by atoms with Gasteiger partial charge in [-0.3, -0.25) is 9.59 Å². The molecule has 3 aromatic carbocycles. The number of fused-ring (bicyclic) bond motifs is 1. The molecule has 2 heterocycles. The van der Waals surface area contributed by atoms with E-state index in [2.05, 4.69) is 33.7 Å². The summed E-state index contributed by atoms with van der Waals surface area (Å²) in [6, 6.07) is 19.0. The normalized spacial score (nSPS) is 16.5. The third-order valence-corrected chi connectivity index (χ3v) is 7.14. The molecule has 1 fully saturated rings. The summed E-state index contributed by atoms with van der Waals surface area (Å²) >= 11 is 0. The van der Waals surface area contributed by atoms with Crippen LogP contribution in [0.15, 0.2) is 60.7 Å². The van der Waals surface area contributed by atoms with Gasteiger partial charge in [0.05, 0.1) is 25.9 Å². The maximum Gasteiger partial charge on any atom is 0.263 e. The predicted molar refractivity (Wildman–Crippen MR) is 146 cm³/mol. The molecular formula is C30H33N3O5. The first kappa shape index (κ1) is 25.6. The van der Waals surface area contributed by atoms with Crippen molar-refractivity contribution in [3.8, 4) is 11.5 Å². The molecule has 0 radical (unpaired) electrons. The number of rotatable bonds is 8. The van der Waals surface area contributed by atoms with Crippen molar-refractivity contribution in [1.82, 2.24) is 5.32 Å². The summed E-state index contributed by atoms with van der Waals surface area (Å²) in [6.45, 7) is 2.70. The summed E-state index contributed by atoms with van der Waals surface area (Å²) in [7, 11) is 3.02. The molecule has 0 aromatic heterocycles. The highest BCUT2D eigenvalue weighted by molar-refractivity contribution is 6.09. The smallest absolute Gasteiger partial charge is 0.263 e. The number of hydrogen-bond donors (Lipinski definition) is 2. The van der Waals surface area contributed by atoms with Gasteiger partial charge in [-0.2, -0.15) is 0 Å². The standard InChI is InChI=1S/C30H33N3O5/c1-36-26-10-5-11-27(37-2)28(26)30(35)32-22-12-13-25(33-15-14-20-7-3-4-8-21(20)19-33)24(17-22)29(34)31-18-23-9-6-16-38-23/h3-5,7-8,10-13,17,23H,6,9,14-16,18-19H2,1-2H3,(H,31,34)(H,32,35). The lowest BCUT2D eigenvalue weighted by molar-refractivity contribution is 0.0858. The number of nitrogens with one attached hydrogen (secondary N) is 2. The Labute approximate surface area is 222 Å². The molecule has 0 spiro atoms. The van der Waals surface area contributed by atoms with E-state index < -0.39 is 0 Å². The van der Waals surface area contributed by atoms with Crippen LogP contribution in [0.2, 0.25) is 0 Å². The van der Waals surface area contributed by atoms with Gasteiger partial charge in [0.15, 0.2) is 0 Å². The topological polar surface area (TPSA) is 89.1 Å². The van der Waals surface area contributed by atoms with Crippen molar-refractivity contribution >= 4 is 23.2 Å². The summed E-state index contributed by atoms with van der Waals surface area (Å²) in [6.07, 6.45) is 2.88. The zero-order chi connectivity index (χ0) is 26.5. The Kier molecular flexibility index (Phi) is 7.79. The summed E-state index contributed by atoms with van der Waals surface area (Å²) < 4.78 is 16.5. The summed E-state index contributed by atoms with van der Waals surface area (Å²) in [4.78, 5) is 29.0. The third kappa shape index (κ3) is 5.45. The number of nitrogens with zero attached hydrogens (tertiary/aromatic N) is 1. The minimum Gasteiger partial charge on any atom is -0.496 e. The zero-order valence-electron chi connectivity index (χ0n) is 21.8. The molecule has 2 amide bonds. The van der Waals surface area contributed by atoms with Crippen molar-refractivity contribution in [3.05, 3.63) is 82.9 Å². The van der Waals surface area contributed by atoms with E-state index in [-0.39, 0.29) is 17.9 Å². The van der Waals surface area contributed by atoms with E-state index in [1.807, 2.05) is 18.2 Å². The fourth-order valence-electron chi connectivity index (χ4n) is 5.15. The van der Waals surface area contributed by atoms with Crippen LogP contribution in [-0.2, 0) is 17.7 Å². The van der Waals surface area contributed by atoms with Gasteiger partial charge in [-0.1, -0.05) is 30.3 Å². The molecule has 198 valence electrons. The second-order valence-corrected chi connectivity index (χ2v) is 9.51. The van der Waals surface area contributed by atoms with Crippen molar-refractivity contribution in [2.45, 2.75) is 31.9 Å². The molecule has 8 heteroatoms. The Bertz CT molecular complexity index is 1300. The molecule has 1 saturated heterocycles. The molecule has 5 rings (SSSR count). The molecule has 1 unspecified atom stereocenters. The van der Waals surface area contributed by atoms with E-state index in [0.717, 1.165) is 38.1 Å². The molecule has 38 heavy (non-hydrogen) atoms. The molecule has 2 aliphatic rings. The van der Waals surface area contributed by atoms with Gasteiger partial charge in [-0.25, -0.2) is 0 Å². The van der Waals surface area contributed by atoms with E-state index in [4.69, 9.17) is 14.2 Å². The summed E-state index contributed by atoms with van der Waals surface area (Å²) in [5.74, 6) is 0.227. The maximum atomic E-state index is 13.5. The largest absolute Gasteiger partial charge is 0.496 e. The average molecular weight is 516 g/mol. The third-order valence-electron chi connectivity index (χ3n) is 7.14. The van der Waals surface area contributed by atoms with Gasteiger partial charge < -0.3 is 29.7 Å². The number of carbonyl (C=O) groups is 2. The number of carbonyl (C=O) groups excluding carboxylic acids is 2. The van der Waals surface area contributed by atoms with Crippen molar-refractivity contribution in [2.75, 3.05) is 44.1 Å². The van der Waals surface area contributed by atoms with Crippen LogP contribution in [0.3, 0.4) is 0 Å². The van der Waals surface area contributed by atoms with Crippen molar-refractivity contribution in [1.29, 1.82) is 0 Å². The van der Waals surface area contributed by atoms with Gasteiger partial charge in [0.1, 0.15) is 17.1 Å². The Morgan fingerprint density at radius 3 is 2.45 bits per heavy atom. The minimum absolute atomic E-state index is 0.0326. The SMILES string of the molecule is COc1cccc(OC)c1C(=O)Nc1ccc(N2CCc3ccccc3C2)c(C(=O)NCC2CCCO2)c1. The Balaban J connectivity index is 1.43. The highest BCUT2D eigenvalue weighted by Crippen LogP contribution is 2.32. The first-order valence-corrected chi connectivity index (χ1v) is 12.9. The fourth-order valence-corrected chi connectivity index (χ4v) is 5.15. The van der Waals surface area contributed by atoms with Crippen LogP contribution in [0.5, 0.6) is 11.5 Å². The van der Waals surface area contributed by atoms with Gasteiger partial charge in [0.25, 0.3) is 11.8 Å². The number of ether oxygens (including phenoxy) is 3. The first-order chi connectivity index (χ1) is 18.6. The number of amides is 2. The van der Waals surface area contributed by atoms with Crippen LogP contribution in [-0.4, -0.2) is 51.8 Å². The Morgan fingerprint density at radius 2 is 1.74 bits per heavy atom. The van der Waals surface area contributed by atoms with Crippen LogP contribution in [0.1, 0.15) is 44.7 Å². The van der Waals surface area contributed by atoms with E-state index >= 15 is 0 Å².